The first-order valence-electron chi connectivity index (χ1n) is 10.6. The van der Waals surface area contributed by atoms with Crippen LogP contribution in [0, 0.1) is 12.3 Å². The maximum absolute atomic E-state index is 13.4. The molecule has 1 saturated heterocycles. The number of carbonyl (C=O) groups excluding carboxylic acids is 3. The Morgan fingerprint density at radius 3 is 2.56 bits per heavy atom. The summed E-state index contributed by atoms with van der Waals surface area (Å²) in [5.74, 6) is 0.920. The molecule has 2 aromatic rings. The van der Waals surface area contributed by atoms with Crippen LogP contribution >= 0.6 is 0 Å². The molecule has 4 rings (SSSR count). The van der Waals surface area contributed by atoms with Gasteiger partial charge in [-0.15, -0.1) is 0 Å². The molecule has 1 unspecified atom stereocenters. The number of imidazole rings is 1. The molecular formula is C23H28N5O4+. The van der Waals surface area contributed by atoms with E-state index in [0.29, 0.717) is 24.1 Å². The summed E-state index contributed by atoms with van der Waals surface area (Å²) in [4.78, 5) is 46.0. The first kappa shape index (κ1) is 21.7. The molecule has 32 heavy (non-hydrogen) atoms. The zero-order chi connectivity index (χ0) is 23.4. The van der Waals surface area contributed by atoms with E-state index < -0.39 is 23.4 Å². The van der Waals surface area contributed by atoms with Crippen LogP contribution in [0.4, 0.5) is 10.7 Å². The first-order chi connectivity index (χ1) is 15.1. The van der Waals surface area contributed by atoms with E-state index in [1.54, 1.807) is 32.4 Å². The van der Waals surface area contributed by atoms with E-state index in [4.69, 9.17) is 4.74 Å². The molecule has 3 amide bonds. The summed E-state index contributed by atoms with van der Waals surface area (Å²) >= 11 is 0. The van der Waals surface area contributed by atoms with Crippen LogP contribution in [0.25, 0.3) is 5.69 Å². The van der Waals surface area contributed by atoms with Crippen molar-refractivity contribution >= 4 is 29.5 Å². The van der Waals surface area contributed by atoms with E-state index >= 15 is 0 Å². The van der Waals surface area contributed by atoms with Gasteiger partial charge in [0.1, 0.15) is 17.6 Å². The number of ketones is 1. The van der Waals surface area contributed by atoms with Gasteiger partial charge in [-0.1, -0.05) is 37.9 Å². The van der Waals surface area contributed by atoms with Crippen LogP contribution in [0.2, 0.25) is 0 Å². The number of urea groups is 1. The third-order valence-electron chi connectivity index (χ3n) is 5.75. The number of aromatic nitrogens is 2. The average Bonchev–Trinajstić information content (AvgIpc) is 3.24. The lowest BCUT2D eigenvalue weighted by Crippen LogP contribution is -2.63. The predicted molar refractivity (Wildman–Crippen MR) is 117 cm³/mol. The van der Waals surface area contributed by atoms with Crippen molar-refractivity contribution in [3.63, 3.8) is 0 Å². The Labute approximate surface area is 186 Å². The molecule has 1 aromatic heterocycles. The SMILES string of the molecule is CCOc1ccccc1-n1c(C)c[n+]2c1N=C1C2C(=O)N(CC(=O)C(C)(C)C)C(=O)N1C. The average molecular weight is 439 g/mol. The molecule has 168 valence electrons. The summed E-state index contributed by atoms with van der Waals surface area (Å²) in [7, 11) is 1.58. The Bertz CT molecular complexity index is 1160. The van der Waals surface area contributed by atoms with Gasteiger partial charge >= 0.3 is 12.0 Å². The quantitative estimate of drug-likeness (QED) is 0.672. The number of amides is 3. The van der Waals surface area contributed by atoms with Crippen molar-refractivity contribution in [2.24, 2.45) is 10.4 Å². The van der Waals surface area contributed by atoms with Gasteiger partial charge in [0.2, 0.25) is 11.9 Å². The summed E-state index contributed by atoms with van der Waals surface area (Å²) < 4.78 is 9.46. The Balaban J connectivity index is 1.79. The molecule has 1 aromatic carbocycles. The molecule has 9 nitrogen and oxygen atoms in total. The van der Waals surface area contributed by atoms with Crippen molar-refractivity contribution in [2.75, 3.05) is 20.2 Å². The molecule has 0 spiro atoms. The van der Waals surface area contributed by atoms with Gasteiger partial charge < -0.3 is 4.74 Å². The van der Waals surface area contributed by atoms with Gasteiger partial charge in [-0.25, -0.2) is 9.36 Å². The third-order valence-corrected chi connectivity index (χ3v) is 5.75. The molecule has 0 radical (unpaired) electrons. The highest BCUT2D eigenvalue weighted by Gasteiger charge is 2.54. The van der Waals surface area contributed by atoms with E-state index in [0.717, 1.165) is 16.3 Å². The predicted octanol–water partition coefficient (Wildman–Crippen LogP) is 2.57. The topological polar surface area (TPSA) is 88.1 Å². The summed E-state index contributed by atoms with van der Waals surface area (Å²) in [5, 5.41) is 0. The Kier molecular flexibility index (Phi) is 5.15. The highest BCUT2D eigenvalue weighted by atomic mass is 16.5. The summed E-state index contributed by atoms with van der Waals surface area (Å²) in [5.41, 5.74) is 0.995. The molecule has 0 N–H and O–H groups in total. The molecule has 2 aliphatic heterocycles. The van der Waals surface area contributed by atoms with Gasteiger partial charge in [-0.05, 0) is 26.0 Å². The van der Waals surface area contributed by atoms with Gasteiger partial charge in [0.05, 0.1) is 13.2 Å². The normalized spacial score (nSPS) is 17.9. The number of hydrogen-bond donors (Lipinski definition) is 0. The van der Waals surface area contributed by atoms with Crippen molar-refractivity contribution in [2.45, 2.75) is 40.7 Å². The van der Waals surface area contributed by atoms with Crippen LogP contribution in [-0.2, 0) is 9.59 Å². The van der Waals surface area contributed by atoms with E-state index in [1.165, 1.54) is 4.90 Å². The number of likely N-dealkylation sites (N-methyl/N-ethyl adjacent to an activating group) is 1. The highest BCUT2D eigenvalue weighted by Crippen LogP contribution is 2.34. The number of imide groups is 1. The lowest BCUT2D eigenvalue weighted by atomic mass is 9.90. The van der Waals surface area contributed by atoms with Gasteiger partial charge in [0.15, 0.2) is 11.5 Å². The van der Waals surface area contributed by atoms with Gasteiger partial charge in [-0.3, -0.25) is 19.4 Å². The van der Waals surface area contributed by atoms with Crippen molar-refractivity contribution in [3.05, 3.63) is 36.2 Å². The zero-order valence-electron chi connectivity index (χ0n) is 19.2. The molecule has 0 saturated carbocycles. The number of hydrogen-bond acceptors (Lipinski definition) is 5. The van der Waals surface area contributed by atoms with Crippen LogP contribution in [0.1, 0.15) is 39.4 Å². The number of ether oxygens (including phenoxy) is 1. The van der Waals surface area contributed by atoms with Crippen LogP contribution in [0.5, 0.6) is 5.75 Å². The summed E-state index contributed by atoms with van der Waals surface area (Å²) in [6.07, 6.45) is 1.84. The lowest BCUT2D eigenvalue weighted by Gasteiger charge is -2.33. The largest absolute Gasteiger partial charge is 0.490 e. The second kappa shape index (κ2) is 7.58. The van der Waals surface area contributed by atoms with Crippen molar-refractivity contribution < 1.29 is 23.7 Å². The minimum atomic E-state index is -0.806. The number of aliphatic imine (C=N–C) groups is 1. The third kappa shape index (κ3) is 3.28. The fourth-order valence-electron chi connectivity index (χ4n) is 3.93. The number of carbonyl (C=O) groups is 3. The minimum absolute atomic E-state index is 0.185. The van der Waals surface area contributed by atoms with Crippen molar-refractivity contribution in [1.82, 2.24) is 14.4 Å². The molecule has 2 aliphatic rings. The monoisotopic (exact) mass is 438 g/mol. The molecular weight excluding hydrogens is 410 g/mol. The lowest BCUT2D eigenvalue weighted by molar-refractivity contribution is -0.676. The minimum Gasteiger partial charge on any atom is -0.490 e. The smallest absolute Gasteiger partial charge is 0.407 e. The number of nitrogens with zero attached hydrogens (tertiary/aromatic N) is 5. The van der Waals surface area contributed by atoms with Crippen LogP contribution in [0.15, 0.2) is 35.5 Å². The summed E-state index contributed by atoms with van der Waals surface area (Å²) in [6, 6.07) is 6.25. The second-order valence-corrected chi connectivity index (χ2v) is 9.03. The Hall–Kier alpha value is -3.49. The molecule has 0 bridgehead atoms. The van der Waals surface area contributed by atoms with Crippen molar-refractivity contribution in [3.8, 4) is 11.4 Å². The number of amidine groups is 1. The Morgan fingerprint density at radius 1 is 1.22 bits per heavy atom. The van der Waals surface area contributed by atoms with E-state index in [9.17, 15) is 14.4 Å². The van der Waals surface area contributed by atoms with E-state index in [-0.39, 0.29) is 12.3 Å². The Morgan fingerprint density at radius 2 is 1.91 bits per heavy atom. The number of Topliss-reactive ketones (excluding diaryl/α,β-unsaturated/α-hetero) is 1. The molecule has 3 heterocycles. The van der Waals surface area contributed by atoms with Gasteiger partial charge in [0.25, 0.3) is 5.91 Å². The van der Waals surface area contributed by atoms with Crippen molar-refractivity contribution in [1.29, 1.82) is 0 Å². The number of benzene rings is 1. The van der Waals surface area contributed by atoms with Gasteiger partial charge in [-0.2, -0.15) is 4.57 Å². The number of para-hydroxylation sites is 2. The fraction of sp³-hybridized carbons (Fsp3) is 0.435. The van der Waals surface area contributed by atoms with Crippen LogP contribution in [0.3, 0.4) is 0 Å². The number of rotatable bonds is 5. The molecule has 1 atom stereocenters. The molecule has 0 aliphatic carbocycles. The van der Waals surface area contributed by atoms with E-state index in [1.807, 2.05) is 48.9 Å². The standard InChI is InChI=1S/C23H28N5O4/c1-7-32-16-11-9-8-10-15(16)28-14(2)12-26-18-19(24-21(26)28)25(6)22(31)27(20(18)30)13-17(29)23(3,4)5/h8-12,18H,7,13H2,1-6H3/q+1. The maximum atomic E-state index is 13.4. The van der Waals surface area contributed by atoms with Crippen LogP contribution in [-0.4, -0.2) is 58.1 Å². The highest BCUT2D eigenvalue weighted by molar-refractivity contribution is 6.20. The zero-order valence-corrected chi connectivity index (χ0v) is 19.2. The number of fused-ring (bicyclic) bond motifs is 3. The maximum Gasteiger partial charge on any atom is 0.407 e. The fourth-order valence-corrected chi connectivity index (χ4v) is 3.93. The van der Waals surface area contributed by atoms with Crippen LogP contribution < -0.4 is 9.30 Å². The summed E-state index contributed by atoms with van der Waals surface area (Å²) in [6.45, 7) is 9.40. The van der Waals surface area contributed by atoms with E-state index in [2.05, 4.69) is 4.99 Å². The number of aryl methyl sites for hydroxylation is 1. The van der Waals surface area contributed by atoms with Gasteiger partial charge in [0, 0.05) is 12.5 Å². The molecule has 1 fully saturated rings. The first-order valence-corrected chi connectivity index (χ1v) is 10.6. The molecule has 9 heteroatoms. The second-order valence-electron chi connectivity index (χ2n) is 9.03.